The van der Waals surface area contributed by atoms with Gasteiger partial charge >= 0.3 is 0 Å². The van der Waals surface area contributed by atoms with Crippen molar-refractivity contribution in [1.29, 1.82) is 0 Å². The maximum atomic E-state index is 14.9. The minimum atomic E-state index is -0.559. The minimum absolute atomic E-state index is 0.0358. The number of likely N-dealkylation sites (tertiary alicyclic amines) is 1. The van der Waals surface area contributed by atoms with Gasteiger partial charge in [-0.3, -0.25) is 4.79 Å². The summed E-state index contributed by atoms with van der Waals surface area (Å²) in [7, 11) is 3.54. The number of imidazole rings is 1. The minimum Gasteiger partial charge on any atom is -0.506 e. The Balaban J connectivity index is 1.26. The van der Waals surface area contributed by atoms with Crippen LogP contribution in [0.15, 0.2) is 42.5 Å². The van der Waals surface area contributed by atoms with Gasteiger partial charge in [0.1, 0.15) is 28.5 Å². The molecule has 8 rings (SSSR count). The Morgan fingerprint density at radius 2 is 1.95 bits per heavy atom. The Bertz CT molecular complexity index is 2000. The molecule has 3 aliphatic rings. The number of ether oxygens (including phenoxy) is 1. The van der Waals surface area contributed by atoms with Crippen molar-refractivity contribution in [3.63, 3.8) is 0 Å². The van der Waals surface area contributed by atoms with Gasteiger partial charge in [0.25, 0.3) is 5.91 Å². The molecular formula is C33H32ClFN6O3. The fraction of sp³-hybridized carbons (Fsp3) is 0.364. The number of methoxy groups -OCH3 is 1. The third kappa shape index (κ3) is 4.11. The first kappa shape index (κ1) is 27.4. The van der Waals surface area contributed by atoms with Crippen molar-refractivity contribution < 1.29 is 19.0 Å². The van der Waals surface area contributed by atoms with Crippen LogP contribution in [0, 0.1) is 17.7 Å². The lowest BCUT2D eigenvalue weighted by atomic mass is 10.1. The first-order valence-electron chi connectivity index (χ1n) is 15.0. The molecule has 2 aliphatic carbocycles. The van der Waals surface area contributed by atoms with E-state index in [0.29, 0.717) is 52.4 Å². The average molecular weight is 615 g/mol. The number of carbonyl (C=O) groups excluding carboxylic acids is 1. The summed E-state index contributed by atoms with van der Waals surface area (Å²) in [6.45, 7) is 1.42. The standard InChI is InChI=1S/C33H32ClFN6O3/c1-39-30-22(11-19(13-26(30)44-2)33(43)41-15-18-6-9-23(41)29(18)36)38-32(39)24-12-17-5-8-21(27-20(35)7-10-25(42)28(27)34)37-31(17)40(24)14-16-3-4-16/h5,7-8,10-13,16,18,23,29,42H,3-4,6,9,14-15,36H2,1-2H3/t18?,23?,29-/m1/s1. The maximum Gasteiger partial charge on any atom is 0.254 e. The van der Waals surface area contributed by atoms with Crippen LogP contribution in [0.25, 0.3) is 44.8 Å². The van der Waals surface area contributed by atoms with Crippen LogP contribution < -0.4 is 10.5 Å². The molecule has 0 radical (unpaired) electrons. The smallest absolute Gasteiger partial charge is 0.254 e. The van der Waals surface area contributed by atoms with Gasteiger partial charge in [0.2, 0.25) is 0 Å². The van der Waals surface area contributed by atoms with E-state index >= 15 is 0 Å². The zero-order valence-corrected chi connectivity index (χ0v) is 25.2. The Morgan fingerprint density at radius 3 is 2.66 bits per heavy atom. The summed E-state index contributed by atoms with van der Waals surface area (Å²) in [6.07, 6.45) is 4.25. The summed E-state index contributed by atoms with van der Waals surface area (Å²) in [5.74, 6) is 1.33. The summed E-state index contributed by atoms with van der Waals surface area (Å²) in [4.78, 5) is 25.5. The number of amides is 1. The molecule has 2 unspecified atom stereocenters. The number of nitrogens with two attached hydrogens (primary N) is 1. The summed E-state index contributed by atoms with van der Waals surface area (Å²) in [6, 6.07) is 11.8. The number of hydrogen-bond acceptors (Lipinski definition) is 6. The number of fused-ring (bicyclic) bond motifs is 4. The summed E-state index contributed by atoms with van der Waals surface area (Å²) < 4.78 is 24.8. The highest BCUT2D eigenvalue weighted by Crippen LogP contribution is 2.41. The fourth-order valence-corrected chi connectivity index (χ4v) is 7.49. The van der Waals surface area contributed by atoms with Gasteiger partial charge in [-0.15, -0.1) is 0 Å². The van der Waals surface area contributed by atoms with E-state index in [0.717, 1.165) is 48.8 Å². The molecule has 2 aromatic carbocycles. The quantitative estimate of drug-likeness (QED) is 0.252. The van der Waals surface area contributed by atoms with Gasteiger partial charge in [-0.25, -0.2) is 14.4 Å². The van der Waals surface area contributed by atoms with Gasteiger partial charge in [0.15, 0.2) is 5.82 Å². The topological polar surface area (TPSA) is 111 Å². The van der Waals surface area contributed by atoms with Crippen LogP contribution in [-0.4, -0.2) is 60.8 Å². The zero-order chi connectivity index (χ0) is 30.4. The molecule has 1 amide bonds. The van der Waals surface area contributed by atoms with Gasteiger partial charge in [-0.2, -0.15) is 0 Å². The molecule has 3 atom stereocenters. The summed E-state index contributed by atoms with van der Waals surface area (Å²) >= 11 is 6.32. The van der Waals surface area contributed by atoms with Gasteiger partial charge < -0.3 is 29.6 Å². The lowest BCUT2D eigenvalue weighted by Gasteiger charge is -2.27. The molecule has 1 aliphatic heterocycles. The van der Waals surface area contributed by atoms with Crippen molar-refractivity contribution in [2.24, 2.45) is 24.6 Å². The van der Waals surface area contributed by atoms with Crippen molar-refractivity contribution >= 4 is 39.6 Å². The Kier molecular flexibility index (Phi) is 6.19. The molecule has 3 fully saturated rings. The molecule has 5 aromatic rings. The average Bonchev–Trinajstić information content (AvgIpc) is 3.43. The van der Waals surface area contributed by atoms with Crippen LogP contribution in [0.1, 0.15) is 36.0 Å². The molecule has 2 bridgehead atoms. The predicted octanol–water partition coefficient (Wildman–Crippen LogP) is 5.74. The van der Waals surface area contributed by atoms with Crippen LogP contribution in [-0.2, 0) is 13.6 Å². The van der Waals surface area contributed by atoms with E-state index in [1.807, 2.05) is 34.7 Å². The van der Waals surface area contributed by atoms with Gasteiger partial charge in [-0.1, -0.05) is 11.6 Å². The molecule has 11 heteroatoms. The number of piperidine rings is 1. The van der Waals surface area contributed by atoms with Crippen LogP contribution in [0.4, 0.5) is 4.39 Å². The second kappa shape index (κ2) is 9.93. The number of pyridine rings is 1. The Hall–Kier alpha value is -4.15. The number of phenolic OH excluding ortho intramolecular Hbond substituents is 1. The number of hydrogen-bond donors (Lipinski definition) is 2. The van der Waals surface area contributed by atoms with E-state index in [-0.39, 0.29) is 34.3 Å². The number of carbonyl (C=O) groups is 1. The molecule has 0 spiro atoms. The number of nitrogens with zero attached hydrogens (tertiary/aromatic N) is 5. The third-order valence-electron chi connectivity index (χ3n) is 9.75. The van der Waals surface area contributed by atoms with E-state index in [9.17, 15) is 14.3 Å². The number of rotatable bonds is 6. The SMILES string of the molecule is COc1cc(C(=O)N2CC3CCC2[C@@H]3N)cc2nc(-c3cc4ccc(-c5c(F)ccc(O)c5Cl)nc4n3CC3CC3)n(C)c12. The first-order valence-corrected chi connectivity index (χ1v) is 15.4. The van der Waals surface area contributed by atoms with Crippen molar-refractivity contribution in [3.8, 4) is 34.3 Å². The largest absolute Gasteiger partial charge is 0.506 e. The molecule has 4 heterocycles. The number of halogens is 2. The molecule has 1 saturated heterocycles. The Labute approximate surface area is 258 Å². The normalized spacial score (nSPS) is 21.2. The monoisotopic (exact) mass is 614 g/mol. The molecule has 226 valence electrons. The first-order chi connectivity index (χ1) is 21.2. The lowest BCUT2D eigenvalue weighted by Crippen LogP contribution is -2.41. The van der Waals surface area contributed by atoms with E-state index in [2.05, 4.69) is 4.57 Å². The highest BCUT2D eigenvalue weighted by molar-refractivity contribution is 6.34. The molecule has 2 saturated carbocycles. The van der Waals surface area contributed by atoms with E-state index in [1.165, 1.54) is 12.1 Å². The number of aryl methyl sites for hydroxylation is 1. The highest BCUT2D eigenvalue weighted by atomic mass is 35.5. The maximum absolute atomic E-state index is 14.9. The van der Waals surface area contributed by atoms with Crippen molar-refractivity contribution in [2.75, 3.05) is 13.7 Å². The fourth-order valence-electron chi connectivity index (χ4n) is 7.24. The van der Waals surface area contributed by atoms with E-state index < -0.39 is 5.82 Å². The molecule has 44 heavy (non-hydrogen) atoms. The van der Waals surface area contributed by atoms with Gasteiger partial charge in [0.05, 0.1) is 34.6 Å². The number of aromatic nitrogens is 4. The Morgan fingerprint density at radius 1 is 1.14 bits per heavy atom. The number of phenols is 1. The van der Waals surface area contributed by atoms with Gasteiger partial charge in [-0.05, 0) is 80.0 Å². The molecule has 3 aromatic heterocycles. The second-order valence-corrected chi connectivity index (χ2v) is 12.8. The zero-order valence-electron chi connectivity index (χ0n) is 24.4. The summed E-state index contributed by atoms with van der Waals surface area (Å²) in [5, 5.41) is 10.9. The van der Waals surface area contributed by atoms with Crippen molar-refractivity contribution in [3.05, 3.63) is 58.9 Å². The van der Waals surface area contributed by atoms with Gasteiger partial charge in [0, 0.05) is 43.2 Å². The third-order valence-corrected chi connectivity index (χ3v) is 10.1. The summed E-state index contributed by atoms with van der Waals surface area (Å²) in [5.41, 5.74) is 10.3. The van der Waals surface area contributed by atoms with Crippen LogP contribution in [0.5, 0.6) is 11.5 Å². The second-order valence-electron chi connectivity index (χ2n) is 12.4. The van der Waals surface area contributed by atoms with Crippen LogP contribution in [0.2, 0.25) is 5.02 Å². The van der Waals surface area contributed by atoms with Crippen LogP contribution >= 0.6 is 11.6 Å². The molecule has 3 N–H and O–H groups in total. The lowest BCUT2D eigenvalue weighted by molar-refractivity contribution is 0.0700. The highest BCUT2D eigenvalue weighted by Gasteiger charge is 2.47. The van der Waals surface area contributed by atoms with Crippen molar-refractivity contribution in [2.45, 2.75) is 44.3 Å². The van der Waals surface area contributed by atoms with E-state index in [4.69, 9.17) is 32.0 Å². The number of benzene rings is 2. The predicted molar refractivity (Wildman–Crippen MR) is 166 cm³/mol. The van der Waals surface area contributed by atoms with E-state index in [1.54, 1.807) is 19.2 Å². The van der Waals surface area contributed by atoms with Crippen molar-refractivity contribution in [1.82, 2.24) is 24.0 Å². The van der Waals surface area contributed by atoms with Crippen LogP contribution in [0.3, 0.4) is 0 Å². The molecule has 9 nitrogen and oxygen atoms in total. The number of aromatic hydroxyl groups is 1. The molecular weight excluding hydrogens is 583 g/mol.